The van der Waals surface area contributed by atoms with Crippen LogP contribution in [0.5, 0.6) is 0 Å². The third-order valence-electron chi connectivity index (χ3n) is 7.68. The summed E-state index contributed by atoms with van der Waals surface area (Å²) in [6, 6.07) is 4.77. The molecule has 3 nitrogen and oxygen atoms in total. The van der Waals surface area contributed by atoms with E-state index in [-0.39, 0.29) is 5.41 Å². The number of hydrogen-bond acceptors (Lipinski definition) is 3. The van der Waals surface area contributed by atoms with E-state index in [0.29, 0.717) is 11.9 Å². The quantitative estimate of drug-likeness (QED) is 0.819. The van der Waals surface area contributed by atoms with E-state index in [1.54, 1.807) is 0 Å². The molecule has 1 atom stereocenters. The van der Waals surface area contributed by atoms with Crippen LogP contribution in [-0.4, -0.2) is 30.4 Å². The van der Waals surface area contributed by atoms with Gasteiger partial charge in [-0.05, 0) is 93.7 Å². The molecule has 142 valence electrons. The predicted octanol–water partition coefficient (Wildman–Crippen LogP) is 4.61. The molecule has 1 aliphatic heterocycles. The average Bonchev–Trinajstić information content (AvgIpc) is 3.16. The minimum atomic E-state index is -0.0172. The van der Waals surface area contributed by atoms with E-state index in [1.165, 1.54) is 75.8 Å². The molecule has 4 bridgehead atoms. The first-order valence-electron chi connectivity index (χ1n) is 10.8. The molecule has 1 N–H and O–H groups in total. The number of amides is 1. The maximum Gasteiger partial charge on any atom is 0.226 e. The van der Waals surface area contributed by atoms with Crippen LogP contribution in [0.15, 0.2) is 17.5 Å². The summed E-state index contributed by atoms with van der Waals surface area (Å²) in [5, 5.41) is 5.63. The third kappa shape index (κ3) is 3.13. The van der Waals surface area contributed by atoms with Gasteiger partial charge >= 0.3 is 0 Å². The molecule has 4 saturated carbocycles. The molecule has 2 heterocycles. The van der Waals surface area contributed by atoms with E-state index in [0.717, 1.165) is 24.3 Å². The Hall–Kier alpha value is -0.870. The highest BCUT2D eigenvalue weighted by atomic mass is 32.1. The van der Waals surface area contributed by atoms with Crippen LogP contribution < -0.4 is 5.32 Å². The zero-order valence-corrected chi connectivity index (χ0v) is 16.6. The molecule has 1 saturated heterocycles. The molecule has 4 heteroatoms. The Balaban J connectivity index is 1.28. The van der Waals surface area contributed by atoms with Crippen LogP contribution in [0.1, 0.15) is 68.7 Å². The Morgan fingerprint density at radius 2 is 1.77 bits per heavy atom. The van der Waals surface area contributed by atoms with Gasteiger partial charge in [0.15, 0.2) is 0 Å². The van der Waals surface area contributed by atoms with Crippen molar-refractivity contribution in [2.75, 3.05) is 19.6 Å². The van der Waals surface area contributed by atoms with Crippen LogP contribution in [0, 0.1) is 23.2 Å². The number of piperidine rings is 1. The molecular weight excluding hydrogens is 340 g/mol. The second-order valence-electron chi connectivity index (χ2n) is 9.54. The van der Waals surface area contributed by atoms with E-state index in [2.05, 4.69) is 27.7 Å². The van der Waals surface area contributed by atoms with Crippen LogP contribution in [-0.2, 0) is 4.79 Å². The highest BCUT2D eigenvalue weighted by Gasteiger charge is 2.54. The summed E-state index contributed by atoms with van der Waals surface area (Å²) in [6.45, 7) is 3.15. The van der Waals surface area contributed by atoms with Gasteiger partial charge in [-0.1, -0.05) is 12.5 Å². The van der Waals surface area contributed by atoms with E-state index in [1.807, 2.05) is 11.3 Å². The first-order chi connectivity index (χ1) is 12.7. The Morgan fingerprint density at radius 1 is 1.12 bits per heavy atom. The van der Waals surface area contributed by atoms with Gasteiger partial charge < -0.3 is 5.32 Å². The first-order valence-corrected chi connectivity index (χ1v) is 11.7. The number of hydrogen-bond donors (Lipinski definition) is 1. The van der Waals surface area contributed by atoms with Gasteiger partial charge in [-0.25, -0.2) is 0 Å². The van der Waals surface area contributed by atoms with Crippen molar-refractivity contribution in [1.82, 2.24) is 10.2 Å². The van der Waals surface area contributed by atoms with Crippen LogP contribution in [0.3, 0.4) is 0 Å². The zero-order chi connectivity index (χ0) is 17.6. The number of carbonyl (C=O) groups is 1. The number of nitrogens with zero attached hydrogens (tertiary/aromatic N) is 1. The lowest BCUT2D eigenvalue weighted by atomic mass is 9.49. The first kappa shape index (κ1) is 17.2. The molecule has 1 amide bonds. The lowest BCUT2D eigenvalue weighted by Crippen LogP contribution is -2.54. The molecule has 6 rings (SSSR count). The number of nitrogens with one attached hydrogen (secondary N) is 1. The topological polar surface area (TPSA) is 32.3 Å². The van der Waals surface area contributed by atoms with Gasteiger partial charge in [-0.3, -0.25) is 9.69 Å². The van der Waals surface area contributed by atoms with Gasteiger partial charge in [0.05, 0.1) is 6.04 Å². The van der Waals surface area contributed by atoms with Gasteiger partial charge in [0.25, 0.3) is 0 Å². The molecule has 5 aliphatic rings. The van der Waals surface area contributed by atoms with Crippen LogP contribution in [0.4, 0.5) is 0 Å². The Morgan fingerprint density at radius 3 is 2.35 bits per heavy atom. The summed E-state index contributed by atoms with van der Waals surface area (Å²) in [5.74, 6) is 2.89. The van der Waals surface area contributed by atoms with Gasteiger partial charge in [0.2, 0.25) is 5.91 Å². The van der Waals surface area contributed by atoms with Gasteiger partial charge in [-0.15, -0.1) is 11.3 Å². The van der Waals surface area contributed by atoms with Crippen LogP contribution in [0.25, 0.3) is 0 Å². The highest BCUT2D eigenvalue weighted by Crippen LogP contribution is 2.60. The monoisotopic (exact) mass is 372 g/mol. The normalized spacial score (nSPS) is 37.6. The van der Waals surface area contributed by atoms with Crippen molar-refractivity contribution >= 4 is 17.2 Å². The van der Waals surface area contributed by atoms with Gasteiger partial charge in [0.1, 0.15) is 0 Å². The van der Waals surface area contributed by atoms with Crippen molar-refractivity contribution in [2.45, 2.75) is 63.8 Å². The number of carbonyl (C=O) groups excluding carboxylic acids is 1. The summed E-state index contributed by atoms with van der Waals surface area (Å²) >= 11 is 1.84. The maximum atomic E-state index is 13.3. The SMILES string of the molecule is O=C(NCC(c1cccs1)N1CCCCC1)C12CC3CC(CC(C3)C1)C2. The number of rotatable bonds is 5. The average molecular weight is 373 g/mol. The van der Waals surface area contributed by atoms with E-state index in [4.69, 9.17) is 0 Å². The highest BCUT2D eigenvalue weighted by molar-refractivity contribution is 7.10. The molecule has 0 spiro atoms. The van der Waals surface area contributed by atoms with Crippen molar-refractivity contribution in [1.29, 1.82) is 0 Å². The third-order valence-corrected chi connectivity index (χ3v) is 8.65. The fourth-order valence-electron chi connectivity index (χ4n) is 6.89. The van der Waals surface area contributed by atoms with E-state index >= 15 is 0 Å². The second-order valence-corrected chi connectivity index (χ2v) is 10.5. The fourth-order valence-corrected chi connectivity index (χ4v) is 7.75. The standard InChI is InChI=1S/C22H32N2OS/c25-21(22-12-16-9-17(13-22)11-18(10-16)14-22)23-15-19(20-5-4-8-26-20)24-6-2-1-3-7-24/h4-5,8,16-19H,1-3,6-7,9-15H2,(H,23,25). The fraction of sp³-hybridized carbons (Fsp3) is 0.773. The van der Waals surface area contributed by atoms with E-state index < -0.39 is 0 Å². The van der Waals surface area contributed by atoms with Crippen molar-refractivity contribution in [3.8, 4) is 0 Å². The van der Waals surface area contributed by atoms with Crippen molar-refractivity contribution in [2.24, 2.45) is 23.2 Å². The van der Waals surface area contributed by atoms with Crippen LogP contribution in [0.2, 0.25) is 0 Å². The molecule has 1 aromatic heterocycles. The molecule has 1 aromatic rings. The maximum absolute atomic E-state index is 13.3. The summed E-state index contributed by atoms with van der Waals surface area (Å²) in [7, 11) is 0. The summed E-state index contributed by atoms with van der Waals surface area (Å²) < 4.78 is 0. The van der Waals surface area contributed by atoms with Gasteiger partial charge in [-0.2, -0.15) is 0 Å². The minimum Gasteiger partial charge on any atom is -0.354 e. The molecule has 26 heavy (non-hydrogen) atoms. The zero-order valence-electron chi connectivity index (χ0n) is 15.8. The largest absolute Gasteiger partial charge is 0.354 e. The number of likely N-dealkylation sites (tertiary alicyclic amines) is 1. The predicted molar refractivity (Wildman–Crippen MR) is 106 cm³/mol. The van der Waals surface area contributed by atoms with Crippen molar-refractivity contribution in [3.63, 3.8) is 0 Å². The van der Waals surface area contributed by atoms with Crippen LogP contribution >= 0.6 is 11.3 Å². The van der Waals surface area contributed by atoms with Crippen molar-refractivity contribution < 1.29 is 4.79 Å². The minimum absolute atomic E-state index is 0.0172. The number of thiophene rings is 1. The summed E-state index contributed by atoms with van der Waals surface area (Å²) in [4.78, 5) is 17.3. The summed E-state index contributed by atoms with van der Waals surface area (Å²) in [6.07, 6.45) is 11.6. The molecule has 0 radical (unpaired) electrons. The lowest BCUT2D eigenvalue weighted by Gasteiger charge is -2.55. The van der Waals surface area contributed by atoms with Gasteiger partial charge in [0, 0.05) is 16.8 Å². The Bertz CT molecular complexity index is 599. The Labute approximate surface area is 161 Å². The molecule has 5 fully saturated rings. The Kier molecular flexibility index (Phi) is 4.60. The van der Waals surface area contributed by atoms with E-state index in [9.17, 15) is 4.79 Å². The van der Waals surface area contributed by atoms with Crippen molar-refractivity contribution in [3.05, 3.63) is 22.4 Å². The lowest BCUT2D eigenvalue weighted by molar-refractivity contribution is -0.146. The second kappa shape index (κ2) is 6.94. The summed E-state index contributed by atoms with van der Waals surface area (Å²) in [5.41, 5.74) is -0.0172. The molecule has 1 unspecified atom stereocenters. The molecule has 4 aliphatic carbocycles. The molecular formula is C22H32N2OS. The smallest absolute Gasteiger partial charge is 0.226 e. The molecule has 0 aromatic carbocycles.